The number of H-pyrrole nitrogens is 1. The number of nitrogens with zero attached hydrogens (tertiary/aromatic N) is 2. The largest absolute Gasteiger partial charge is 0.397 e. The molecule has 0 radical (unpaired) electrons. The minimum Gasteiger partial charge on any atom is -0.397 e. The first-order valence-corrected chi connectivity index (χ1v) is 6.06. The first kappa shape index (κ1) is 12.2. The van der Waals surface area contributed by atoms with E-state index in [2.05, 4.69) is 10.2 Å². The lowest BCUT2D eigenvalue weighted by atomic mass is 10.0. The molecule has 100 valence electrons. The number of para-hydroxylation sites is 1. The maximum atomic E-state index is 11.2. The molecule has 0 unspecified atom stereocenters. The average Bonchev–Trinajstić information content (AvgIpc) is 2.83. The summed E-state index contributed by atoms with van der Waals surface area (Å²) < 4.78 is 0. The second kappa shape index (κ2) is 4.34. The highest BCUT2D eigenvalue weighted by molar-refractivity contribution is 6.00. The van der Waals surface area contributed by atoms with Crippen LogP contribution in [0.15, 0.2) is 36.4 Å². The normalized spacial score (nSPS) is 10.8. The summed E-state index contributed by atoms with van der Waals surface area (Å²) in [6.07, 6.45) is 0. The number of hydrogen-bond acceptors (Lipinski definition) is 4. The van der Waals surface area contributed by atoms with E-state index in [1.165, 1.54) is 6.07 Å². The molecule has 3 N–H and O–H groups in total. The van der Waals surface area contributed by atoms with Crippen LogP contribution in [0.4, 0.5) is 11.4 Å². The Balaban J connectivity index is 2.34. The van der Waals surface area contributed by atoms with Crippen LogP contribution >= 0.6 is 0 Å². The first-order valence-electron chi connectivity index (χ1n) is 6.06. The maximum Gasteiger partial charge on any atom is 0.278 e. The van der Waals surface area contributed by atoms with Crippen molar-refractivity contribution in [3.05, 3.63) is 52.1 Å². The van der Waals surface area contributed by atoms with Crippen molar-refractivity contribution in [2.75, 3.05) is 5.73 Å². The zero-order valence-corrected chi connectivity index (χ0v) is 10.8. The molecule has 0 fully saturated rings. The predicted octanol–water partition coefficient (Wildman–Crippen LogP) is 3.03. The van der Waals surface area contributed by atoms with E-state index in [1.807, 2.05) is 13.0 Å². The van der Waals surface area contributed by atoms with Crippen LogP contribution in [0, 0.1) is 17.0 Å². The van der Waals surface area contributed by atoms with Gasteiger partial charge in [-0.15, -0.1) is 0 Å². The van der Waals surface area contributed by atoms with E-state index in [-0.39, 0.29) is 5.69 Å². The third-order valence-electron chi connectivity index (χ3n) is 3.24. The van der Waals surface area contributed by atoms with E-state index in [4.69, 9.17) is 5.73 Å². The van der Waals surface area contributed by atoms with Crippen LogP contribution in [0.2, 0.25) is 0 Å². The molecular formula is C14H12N4O2. The Morgan fingerprint density at radius 3 is 2.85 bits per heavy atom. The molecule has 0 aliphatic heterocycles. The number of rotatable bonds is 2. The molecule has 20 heavy (non-hydrogen) atoms. The SMILES string of the molecule is Cc1ccc([N+](=O)[O-])c(-c2n[nH]c3c(N)cccc23)c1. The minimum atomic E-state index is -0.401. The van der Waals surface area contributed by atoms with Crippen LogP contribution in [0.3, 0.4) is 0 Å². The summed E-state index contributed by atoms with van der Waals surface area (Å²) in [5.74, 6) is 0. The molecule has 0 aliphatic rings. The molecule has 0 saturated carbocycles. The van der Waals surface area contributed by atoms with Crippen molar-refractivity contribution in [1.82, 2.24) is 10.2 Å². The highest BCUT2D eigenvalue weighted by Gasteiger charge is 2.19. The van der Waals surface area contributed by atoms with Crippen LogP contribution in [0.5, 0.6) is 0 Å². The third-order valence-corrected chi connectivity index (χ3v) is 3.24. The molecule has 0 amide bonds. The Hall–Kier alpha value is -2.89. The Labute approximate surface area is 114 Å². The molecule has 0 aliphatic carbocycles. The number of aryl methyl sites for hydroxylation is 1. The average molecular weight is 268 g/mol. The summed E-state index contributed by atoms with van der Waals surface area (Å²) in [5.41, 5.74) is 9.14. The molecule has 0 atom stereocenters. The zero-order valence-electron chi connectivity index (χ0n) is 10.8. The van der Waals surface area contributed by atoms with E-state index in [0.717, 1.165) is 10.9 Å². The summed E-state index contributed by atoms with van der Waals surface area (Å²) in [7, 11) is 0. The second-order valence-electron chi connectivity index (χ2n) is 4.62. The number of nitrogens with one attached hydrogen (secondary N) is 1. The summed E-state index contributed by atoms with van der Waals surface area (Å²) >= 11 is 0. The maximum absolute atomic E-state index is 11.2. The van der Waals surface area contributed by atoms with Crippen LogP contribution in [-0.4, -0.2) is 15.1 Å². The Morgan fingerprint density at radius 1 is 1.30 bits per heavy atom. The quantitative estimate of drug-likeness (QED) is 0.424. The van der Waals surface area contributed by atoms with Gasteiger partial charge in [-0.2, -0.15) is 5.10 Å². The number of fused-ring (bicyclic) bond motifs is 1. The van der Waals surface area contributed by atoms with Crippen molar-refractivity contribution in [3.8, 4) is 11.3 Å². The predicted molar refractivity (Wildman–Crippen MR) is 77.3 cm³/mol. The van der Waals surface area contributed by atoms with Gasteiger partial charge in [0.15, 0.2) is 0 Å². The van der Waals surface area contributed by atoms with Crippen molar-refractivity contribution in [1.29, 1.82) is 0 Å². The fourth-order valence-corrected chi connectivity index (χ4v) is 2.27. The molecule has 6 nitrogen and oxygen atoms in total. The van der Waals surface area contributed by atoms with Gasteiger partial charge in [-0.1, -0.05) is 18.2 Å². The van der Waals surface area contributed by atoms with Crippen LogP contribution in [0.25, 0.3) is 22.2 Å². The molecule has 0 saturated heterocycles. The zero-order chi connectivity index (χ0) is 14.3. The number of nitrogens with two attached hydrogens (primary N) is 1. The van der Waals surface area contributed by atoms with Gasteiger partial charge in [-0.25, -0.2) is 0 Å². The summed E-state index contributed by atoms with van der Waals surface area (Å²) in [4.78, 5) is 10.8. The minimum absolute atomic E-state index is 0.0337. The van der Waals surface area contributed by atoms with Gasteiger partial charge >= 0.3 is 0 Å². The molecule has 0 bridgehead atoms. The van der Waals surface area contributed by atoms with Crippen LogP contribution in [-0.2, 0) is 0 Å². The number of nitrogen functional groups attached to an aromatic ring is 1. The highest BCUT2D eigenvalue weighted by atomic mass is 16.6. The third kappa shape index (κ3) is 1.78. The van der Waals surface area contributed by atoms with Crippen molar-refractivity contribution in [2.45, 2.75) is 6.92 Å². The van der Waals surface area contributed by atoms with Gasteiger partial charge < -0.3 is 5.73 Å². The van der Waals surface area contributed by atoms with Crippen LogP contribution < -0.4 is 5.73 Å². The number of aromatic amines is 1. The smallest absolute Gasteiger partial charge is 0.278 e. The molecule has 2 aromatic carbocycles. The number of nitro groups is 1. The topological polar surface area (TPSA) is 97.8 Å². The van der Waals surface area contributed by atoms with Crippen molar-refractivity contribution < 1.29 is 4.92 Å². The van der Waals surface area contributed by atoms with Gasteiger partial charge in [0, 0.05) is 11.5 Å². The lowest BCUT2D eigenvalue weighted by Crippen LogP contribution is -1.93. The Morgan fingerprint density at radius 2 is 2.10 bits per heavy atom. The van der Waals surface area contributed by atoms with Gasteiger partial charge in [-0.05, 0) is 24.6 Å². The van der Waals surface area contributed by atoms with E-state index in [0.29, 0.717) is 22.5 Å². The fourth-order valence-electron chi connectivity index (χ4n) is 2.27. The van der Waals surface area contributed by atoms with Crippen LogP contribution in [0.1, 0.15) is 5.56 Å². The van der Waals surface area contributed by atoms with E-state index < -0.39 is 4.92 Å². The molecular weight excluding hydrogens is 256 g/mol. The standard InChI is InChI=1S/C14H12N4O2/c1-8-5-6-12(18(19)20)10(7-8)13-9-3-2-4-11(15)14(9)17-16-13/h2-7H,15H2,1H3,(H,16,17). The van der Waals surface area contributed by atoms with Gasteiger partial charge in [-0.3, -0.25) is 15.2 Å². The van der Waals surface area contributed by atoms with Crippen molar-refractivity contribution in [3.63, 3.8) is 0 Å². The molecule has 1 heterocycles. The molecule has 3 rings (SSSR count). The number of nitro benzene ring substituents is 1. The van der Waals surface area contributed by atoms with Gasteiger partial charge in [0.1, 0.15) is 5.69 Å². The van der Waals surface area contributed by atoms with Gasteiger partial charge in [0.05, 0.1) is 21.7 Å². The number of anilines is 1. The number of benzene rings is 2. The van der Waals surface area contributed by atoms with E-state index in [9.17, 15) is 10.1 Å². The number of aromatic nitrogens is 2. The molecule has 0 spiro atoms. The highest BCUT2D eigenvalue weighted by Crippen LogP contribution is 2.35. The fraction of sp³-hybridized carbons (Fsp3) is 0.0714. The first-order chi connectivity index (χ1) is 9.58. The second-order valence-corrected chi connectivity index (χ2v) is 4.62. The lowest BCUT2D eigenvalue weighted by Gasteiger charge is -2.02. The van der Waals surface area contributed by atoms with Crippen molar-refractivity contribution in [2.24, 2.45) is 0 Å². The number of hydrogen-bond donors (Lipinski definition) is 2. The summed E-state index contributed by atoms with van der Waals surface area (Å²) in [6.45, 7) is 1.89. The monoisotopic (exact) mass is 268 g/mol. The Kier molecular flexibility index (Phi) is 2.64. The summed E-state index contributed by atoms with van der Waals surface area (Å²) in [6, 6.07) is 10.4. The Bertz CT molecular complexity index is 823. The van der Waals surface area contributed by atoms with E-state index >= 15 is 0 Å². The van der Waals surface area contributed by atoms with Gasteiger partial charge in [0.2, 0.25) is 0 Å². The van der Waals surface area contributed by atoms with Gasteiger partial charge in [0.25, 0.3) is 5.69 Å². The molecule has 3 aromatic rings. The van der Waals surface area contributed by atoms with E-state index in [1.54, 1.807) is 24.3 Å². The summed E-state index contributed by atoms with van der Waals surface area (Å²) in [5, 5.41) is 19.0. The molecule has 1 aromatic heterocycles. The lowest BCUT2D eigenvalue weighted by molar-refractivity contribution is -0.384. The van der Waals surface area contributed by atoms with Crippen molar-refractivity contribution >= 4 is 22.3 Å². The molecule has 6 heteroatoms.